The Morgan fingerprint density at radius 1 is 1.10 bits per heavy atom. The fourth-order valence-electron chi connectivity index (χ4n) is 3.53. The van der Waals surface area contributed by atoms with Gasteiger partial charge in [-0.1, -0.05) is 13.8 Å². The summed E-state index contributed by atoms with van der Waals surface area (Å²) in [6.07, 6.45) is 6.59. The minimum Gasteiger partial charge on any atom is -0.381 e. The molecule has 118 valence electrons. The van der Waals surface area contributed by atoms with Crippen molar-refractivity contribution in [2.75, 3.05) is 45.9 Å². The van der Waals surface area contributed by atoms with Gasteiger partial charge in [-0.25, -0.2) is 0 Å². The first kappa shape index (κ1) is 16.3. The third kappa shape index (κ3) is 5.71. The minimum absolute atomic E-state index is 0.804. The molecular weight excluding hydrogens is 248 g/mol. The normalized spacial score (nSPS) is 23.6. The van der Waals surface area contributed by atoms with E-state index in [0.29, 0.717) is 0 Å². The lowest BCUT2D eigenvalue weighted by molar-refractivity contribution is 0.0748. The van der Waals surface area contributed by atoms with Crippen LogP contribution in [0.25, 0.3) is 0 Å². The van der Waals surface area contributed by atoms with Crippen LogP contribution >= 0.6 is 0 Å². The molecule has 2 aliphatic rings. The SMILES string of the molecule is CC(C)C1CCN(CCCOCC2CCNCC2)CC1. The van der Waals surface area contributed by atoms with Gasteiger partial charge in [-0.2, -0.15) is 0 Å². The molecule has 0 aromatic rings. The molecule has 0 spiro atoms. The second kappa shape index (κ2) is 9.01. The first-order chi connectivity index (χ1) is 9.75. The Bertz CT molecular complexity index is 243. The molecule has 0 aromatic heterocycles. The maximum atomic E-state index is 5.87. The summed E-state index contributed by atoms with van der Waals surface area (Å²) in [6.45, 7) is 12.9. The van der Waals surface area contributed by atoms with Gasteiger partial charge in [0.15, 0.2) is 0 Å². The van der Waals surface area contributed by atoms with Gasteiger partial charge in [0, 0.05) is 19.8 Å². The average Bonchev–Trinajstić information content (AvgIpc) is 2.48. The van der Waals surface area contributed by atoms with Gasteiger partial charge in [-0.05, 0) is 76.0 Å². The molecule has 0 bridgehead atoms. The molecule has 2 fully saturated rings. The van der Waals surface area contributed by atoms with E-state index in [2.05, 4.69) is 24.1 Å². The van der Waals surface area contributed by atoms with Crippen LogP contribution in [0, 0.1) is 17.8 Å². The van der Waals surface area contributed by atoms with Crippen molar-refractivity contribution in [2.45, 2.75) is 46.0 Å². The highest BCUT2D eigenvalue weighted by Crippen LogP contribution is 2.24. The van der Waals surface area contributed by atoms with Gasteiger partial charge in [0.2, 0.25) is 0 Å². The molecule has 0 unspecified atom stereocenters. The van der Waals surface area contributed by atoms with Crippen LogP contribution in [0.15, 0.2) is 0 Å². The van der Waals surface area contributed by atoms with Crippen molar-refractivity contribution >= 4 is 0 Å². The van der Waals surface area contributed by atoms with Crippen LogP contribution < -0.4 is 5.32 Å². The third-order valence-electron chi connectivity index (χ3n) is 5.15. The molecular formula is C17H34N2O. The number of rotatable bonds is 7. The largest absolute Gasteiger partial charge is 0.381 e. The molecule has 0 radical (unpaired) electrons. The monoisotopic (exact) mass is 282 g/mol. The Labute approximate surface area is 125 Å². The lowest BCUT2D eigenvalue weighted by Crippen LogP contribution is -2.36. The average molecular weight is 282 g/mol. The van der Waals surface area contributed by atoms with E-state index in [-0.39, 0.29) is 0 Å². The van der Waals surface area contributed by atoms with Crippen molar-refractivity contribution in [1.82, 2.24) is 10.2 Å². The zero-order valence-electron chi connectivity index (χ0n) is 13.6. The van der Waals surface area contributed by atoms with Crippen molar-refractivity contribution < 1.29 is 4.74 Å². The summed E-state index contributed by atoms with van der Waals surface area (Å²) in [6, 6.07) is 0. The van der Waals surface area contributed by atoms with Gasteiger partial charge in [0.25, 0.3) is 0 Å². The Kier molecular flexibility index (Phi) is 7.32. The Balaban J connectivity index is 1.45. The first-order valence-corrected chi connectivity index (χ1v) is 8.76. The second-order valence-electron chi connectivity index (χ2n) is 7.04. The van der Waals surface area contributed by atoms with Gasteiger partial charge < -0.3 is 15.0 Å². The van der Waals surface area contributed by atoms with E-state index in [4.69, 9.17) is 4.74 Å². The third-order valence-corrected chi connectivity index (χ3v) is 5.15. The molecule has 0 amide bonds. The van der Waals surface area contributed by atoms with Crippen molar-refractivity contribution in [2.24, 2.45) is 17.8 Å². The second-order valence-corrected chi connectivity index (χ2v) is 7.04. The Morgan fingerprint density at radius 2 is 1.80 bits per heavy atom. The maximum absolute atomic E-state index is 5.87. The van der Waals surface area contributed by atoms with Crippen molar-refractivity contribution in [3.63, 3.8) is 0 Å². The van der Waals surface area contributed by atoms with Crippen LogP contribution in [0.5, 0.6) is 0 Å². The topological polar surface area (TPSA) is 24.5 Å². The van der Waals surface area contributed by atoms with E-state index < -0.39 is 0 Å². The number of nitrogens with one attached hydrogen (secondary N) is 1. The van der Waals surface area contributed by atoms with E-state index in [1.54, 1.807) is 0 Å². The molecule has 0 aromatic carbocycles. The molecule has 3 heteroatoms. The minimum atomic E-state index is 0.804. The van der Waals surface area contributed by atoms with Gasteiger partial charge in [0.05, 0.1) is 0 Å². The van der Waals surface area contributed by atoms with E-state index in [1.807, 2.05) is 0 Å². The fraction of sp³-hybridized carbons (Fsp3) is 1.00. The van der Waals surface area contributed by atoms with Crippen LogP contribution in [0.4, 0.5) is 0 Å². The van der Waals surface area contributed by atoms with E-state index in [9.17, 15) is 0 Å². The molecule has 20 heavy (non-hydrogen) atoms. The number of ether oxygens (including phenoxy) is 1. The predicted molar refractivity (Wildman–Crippen MR) is 85.0 cm³/mol. The summed E-state index contributed by atoms with van der Waals surface area (Å²) in [4.78, 5) is 2.63. The summed E-state index contributed by atoms with van der Waals surface area (Å²) in [5.41, 5.74) is 0. The summed E-state index contributed by atoms with van der Waals surface area (Å²) in [5.74, 6) is 2.63. The van der Waals surface area contributed by atoms with E-state index >= 15 is 0 Å². The van der Waals surface area contributed by atoms with E-state index in [0.717, 1.165) is 31.0 Å². The van der Waals surface area contributed by atoms with Crippen molar-refractivity contribution in [3.05, 3.63) is 0 Å². The summed E-state index contributed by atoms with van der Waals surface area (Å²) >= 11 is 0. The van der Waals surface area contributed by atoms with Crippen molar-refractivity contribution in [3.8, 4) is 0 Å². The Morgan fingerprint density at radius 3 is 2.45 bits per heavy atom. The lowest BCUT2D eigenvalue weighted by Gasteiger charge is -2.33. The van der Waals surface area contributed by atoms with Crippen molar-refractivity contribution in [1.29, 1.82) is 0 Å². The van der Waals surface area contributed by atoms with Crippen LogP contribution in [-0.2, 0) is 4.74 Å². The summed E-state index contributed by atoms with van der Waals surface area (Å²) in [7, 11) is 0. The number of hydrogen-bond acceptors (Lipinski definition) is 3. The highest BCUT2D eigenvalue weighted by Gasteiger charge is 2.21. The highest BCUT2D eigenvalue weighted by molar-refractivity contribution is 4.74. The number of likely N-dealkylation sites (tertiary alicyclic amines) is 1. The molecule has 2 aliphatic heterocycles. The quantitative estimate of drug-likeness (QED) is 0.727. The standard InChI is InChI=1S/C17H34N2O/c1-15(2)17-6-11-19(12-7-17)10-3-13-20-14-16-4-8-18-9-5-16/h15-18H,3-14H2,1-2H3. The summed E-state index contributed by atoms with van der Waals surface area (Å²) < 4.78 is 5.87. The first-order valence-electron chi connectivity index (χ1n) is 8.76. The Hall–Kier alpha value is -0.120. The van der Waals surface area contributed by atoms with Gasteiger partial charge >= 0.3 is 0 Å². The van der Waals surface area contributed by atoms with Gasteiger partial charge in [0.1, 0.15) is 0 Å². The zero-order chi connectivity index (χ0) is 14.2. The lowest BCUT2D eigenvalue weighted by atomic mass is 9.87. The molecule has 2 saturated heterocycles. The number of hydrogen-bond donors (Lipinski definition) is 1. The maximum Gasteiger partial charge on any atom is 0.0495 e. The predicted octanol–water partition coefficient (Wildman–Crippen LogP) is 2.76. The fourth-order valence-corrected chi connectivity index (χ4v) is 3.53. The smallest absolute Gasteiger partial charge is 0.0495 e. The molecule has 0 atom stereocenters. The summed E-state index contributed by atoms with van der Waals surface area (Å²) in [5, 5.41) is 3.41. The van der Waals surface area contributed by atoms with E-state index in [1.165, 1.54) is 64.8 Å². The van der Waals surface area contributed by atoms with Crippen LogP contribution in [0.1, 0.15) is 46.0 Å². The molecule has 1 N–H and O–H groups in total. The zero-order valence-corrected chi connectivity index (χ0v) is 13.6. The van der Waals surface area contributed by atoms with Gasteiger partial charge in [-0.15, -0.1) is 0 Å². The molecule has 2 heterocycles. The molecule has 3 nitrogen and oxygen atoms in total. The highest BCUT2D eigenvalue weighted by atomic mass is 16.5. The number of piperidine rings is 2. The van der Waals surface area contributed by atoms with Crippen LogP contribution in [0.3, 0.4) is 0 Å². The van der Waals surface area contributed by atoms with Crippen LogP contribution in [-0.4, -0.2) is 50.8 Å². The molecule has 2 rings (SSSR count). The van der Waals surface area contributed by atoms with Crippen LogP contribution in [0.2, 0.25) is 0 Å². The number of nitrogens with zero attached hydrogens (tertiary/aromatic N) is 1. The van der Waals surface area contributed by atoms with Gasteiger partial charge in [-0.3, -0.25) is 0 Å². The molecule has 0 saturated carbocycles. The molecule has 0 aliphatic carbocycles.